The van der Waals surface area contributed by atoms with Crippen molar-refractivity contribution in [2.45, 2.75) is 84.6 Å². The molecule has 0 bridgehead atoms. The highest BCUT2D eigenvalue weighted by Crippen LogP contribution is 2.39. The number of nitrogens with zero attached hydrogens (tertiary/aromatic N) is 6. The lowest BCUT2D eigenvalue weighted by atomic mass is 10.0. The number of nitrogens with one attached hydrogen (secondary N) is 4. The van der Waals surface area contributed by atoms with Crippen LogP contribution in [0.4, 0.5) is 41.6 Å². The van der Waals surface area contributed by atoms with Crippen molar-refractivity contribution in [2.24, 2.45) is 17.4 Å². The van der Waals surface area contributed by atoms with E-state index < -0.39 is 47.8 Å². The average molecular weight is 1120 g/mol. The highest BCUT2D eigenvalue weighted by atomic mass is 32.1. The molecule has 0 saturated heterocycles. The molecule has 0 spiro atoms. The number of hydrogen-bond acceptors (Lipinski definition) is 17. The molecule has 3 aromatic carbocycles. The van der Waals surface area contributed by atoms with Gasteiger partial charge in [0.05, 0.1) is 36.0 Å². The zero-order valence-corrected chi connectivity index (χ0v) is 45.7. The third-order valence-electron chi connectivity index (χ3n) is 12.5. The van der Waals surface area contributed by atoms with Gasteiger partial charge in [-0.05, 0) is 105 Å². The number of fused-ring (bicyclic) bond motifs is 2. The number of carboxylic acid groups (broad SMARTS) is 1. The highest BCUT2D eigenvalue weighted by molar-refractivity contribution is 7.22. The number of rotatable bonds is 24. The number of carbonyl (C=O) groups excluding carboxylic acids is 4. The topological polar surface area (TPSA) is 291 Å². The van der Waals surface area contributed by atoms with E-state index in [2.05, 4.69) is 59.2 Å². The normalized spacial score (nSPS) is 12.6. The molecular formula is C55H61FN12O9S2. The minimum atomic E-state index is -1.15. The molecule has 2 unspecified atom stereocenters. The lowest BCUT2D eigenvalue weighted by Gasteiger charge is -2.28. The van der Waals surface area contributed by atoms with Gasteiger partial charge in [0.1, 0.15) is 19.3 Å². The second-order valence-electron chi connectivity index (χ2n) is 18.7. The van der Waals surface area contributed by atoms with E-state index in [-0.39, 0.29) is 63.3 Å². The molecule has 2 atom stereocenters. The molecule has 21 nitrogen and oxygen atoms in total. The van der Waals surface area contributed by atoms with Gasteiger partial charge in [0.2, 0.25) is 11.8 Å². The summed E-state index contributed by atoms with van der Waals surface area (Å²) in [4.78, 5) is 75.8. The van der Waals surface area contributed by atoms with E-state index in [1.54, 1.807) is 38.1 Å². The van der Waals surface area contributed by atoms with Gasteiger partial charge in [-0.3, -0.25) is 9.59 Å². The van der Waals surface area contributed by atoms with Gasteiger partial charge in [-0.25, -0.2) is 28.7 Å². The fraction of sp³-hybridized carbons (Fsp3) is 0.364. The Morgan fingerprint density at radius 3 is 2.56 bits per heavy atom. The molecule has 7 rings (SSSR count). The first-order valence-electron chi connectivity index (χ1n) is 25.3. The van der Waals surface area contributed by atoms with Gasteiger partial charge < -0.3 is 61.9 Å². The fourth-order valence-corrected chi connectivity index (χ4v) is 10.2. The van der Waals surface area contributed by atoms with Crippen LogP contribution in [0.3, 0.4) is 0 Å². The molecule has 4 heterocycles. The molecular weight excluding hydrogens is 1060 g/mol. The smallest absolute Gasteiger partial charge is 0.410 e. The van der Waals surface area contributed by atoms with Gasteiger partial charge in [0.15, 0.2) is 39.2 Å². The highest BCUT2D eigenvalue weighted by Gasteiger charge is 2.29. The van der Waals surface area contributed by atoms with E-state index in [0.29, 0.717) is 75.0 Å². The van der Waals surface area contributed by atoms with E-state index in [4.69, 9.17) is 32.1 Å². The molecule has 1 aliphatic heterocycles. The SMILES string of the molecule is C#CCOCc1cc(NC(=O)C(CCCNC(N)=O)NC(=O)C(N)C(C)C)ccc1COC(=O)N(C)CC#Cc1ccc(OCCCc2sc(N3CCCc4c3nnc(Nc3nc5ccccc5s3)c4C)nc2C(=O)O)c(F)c1. The molecule has 5 amide bonds. The fourth-order valence-electron chi connectivity index (χ4n) is 8.17. The monoisotopic (exact) mass is 1120 g/mol. The number of ether oxygens (including phenoxy) is 3. The predicted octanol–water partition coefficient (Wildman–Crippen LogP) is 7.15. The molecule has 0 saturated carbocycles. The van der Waals surface area contributed by atoms with Crippen molar-refractivity contribution in [2.75, 3.05) is 55.4 Å². The minimum Gasteiger partial charge on any atom is -0.491 e. The average Bonchev–Trinajstić information content (AvgIpc) is 4.16. The maximum absolute atomic E-state index is 15.3. The van der Waals surface area contributed by atoms with Crippen molar-refractivity contribution >= 4 is 90.4 Å². The number of anilines is 5. The summed E-state index contributed by atoms with van der Waals surface area (Å²) in [6.45, 7) is 6.20. The summed E-state index contributed by atoms with van der Waals surface area (Å²) in [5, 5.41) is 31.7. The molecule has 1 aliphatic rings. The van der Waals surface area contributed by atoms with Gasteiger partial charge in [-0.1, -0.05) is 61.1 Å². The minimum absolute atomic E-state index is 0.00323. The number of nitrogens with two attached hydrogens (primary N) is 2. The zero-order chi connectivity index (χ0) is 56.6. The van der Waals surface area contributed by atoms with Gasteiger partial charge in [0, 0.05) is 47.4 Å². The van der Waals surface area contributed by atoms with E-state index in [1.807, 2.05) is 36.1 Å². The molecule has 414 valence electrons. The molecule has 0 fully saturated rings. The van der Waals surface area contributed by atoms with Crippen LogP contribution in [0.15, 0.2) is 60.7 Å². The first-order chi connectivity index (χ1) is 38.0. The Kier molecular flexibility index (Phi) is 20.5. The zero-order valence-electron chi connectivity index (χ0n) is 44.0. The molecule has 3 aromatic heterocycles. The summed E-state index contributed by atoms with van der Waals surface area (Å²) in [6.07, 6.45) is 7.47. The van der Waals surface area contributed by atoms with Crippen LogP contribution in [0.25, 0.3) is 10.2 Å². The van der Waals surface area contributed by atoms with Crippen molar-refractivity contribution in [1.82, 2.24) is 35.7 Å². The molecule has 9 N–H and O–H groups in total. The number of urea groups is 1. The first-order valence-corrected chi connectivity index (χ1v) is 26.9. The third-order valence-corrected chi connectivity index (χ3v) is 14.6. The molecule has 0 aliphatic carbocycles. The van der Waals surface area contributed by atoms with E-state index in [0.717, 1.165) is 34.2 Å². The van der Waals surface area contributed by atoms with Crippen molar-refractivity contribution in [3.8, 4) is 29.9 Å². The number of benzene rings is 3. The Balaban J connectivity index is 0.894. The van der Waals surface area contributed by atoms with Crippen molar-refractivity contribution in [3.63, 3.8) is 0 Å². The summed E-state index contributed by atoms with van der Waals surface area (Å²) >= 11 is 2.80. The second kappa shape index (κ2) is 27.8. The number of primary amides is 1. The Bertz CT molecular complexity index is 3260. The Morgan fingerprint density at radius 2 is 1.81 bits per heavy atom. The number of halogens is 1. The van der Waals surface area contributed by atoms with Crippen molar-refractivity contribution in [3.05, 3.63) is 105 Å². The number of para-hydroxylation sites is 1. The van der Waals surface area contributed by atoms with Gasteiger partial charge in [0.25, 0.3) is 0 Å². The van der Waals surface area contributed by atoms with Crippen LogP contribution in [0.2, 0.25) is 0 Å². The van der Waals surface area contributed by atoms with Crippen LogP contribution in [-0.4, -0.2) is 112 Å². The number of hydrogen-bond donors (Lipinski definition) is 7. The van der Waals surface area contributed by atoms with Crippen molar-refractivity contribution < 1.29 is 47.7 Å². The summed E-state index contributed by atoms with van der Waals surface area (Å²) in [7, 11) is 1.49. The van der Waals surface area contributed by atoms with E-state index in [9.17, 15) is 29.1 Å². The number of aromatic carboxylic acids is 1. The maximum Gasteiger partial charge on any atom is 0.410 e. The largest absolute Gasteiger partial charge is 0.491 e. The Labute approximate surface area is 464 Å². The Morgan fingerprint density at radius 1 is 1.00 bits per heavy atom. The first kappa shape index (κ1) is 58.3. The lowest BCUT2D eigenvalue weighted by molar-refractivity contribution is -0.128. The number of terminal acetylenes is 1. The van der Waals surface area contributed by atoms with Crippen LogP contribution in [-0.2, 0) is 45.1 Å². The van der Waals surface area contributed by atoms with E-state index >= 15 is 4.39 Å². The standard InChI is InChI=1S/C55H61FN12O9S2/c1-6-26-75-30-36-29-37(60-49(69)41(16-9-23-59-52(58)73)61-50(70)45(57)32(2)3)21-20-35(36)31-77-55(74)67(5)24-10-13-34-19-22-42(39(56)28-34)76-27-12-18-44-46(51(71)72)63-54(79-44)68-25-11-14-38-33(4)47(65-66-48(38)68)64-53-62-40-15-7-8-17-43(40)78-53/h1,7-8,15,17,19-22,28-29,32,41,45H,9,11-12,14,16,18,23-27,30-31,57H2,2-5H3,(H,60,69)(H,61,70)(H,71,72)(H3,58,59,73)(H,62,64,65). The third kappa shape index (κ3) is 15.9. The molecule has 0 radical (unpaired) electrons. The summed E-state index contributed by atoms with van der Waals surface area (Å²) in [5.74, 6) is 6.31. The Hall–Kier alpha value is -8.42. The number of carboxylic acids is 1. The van der Waals surface area contributed by atoms with Gasteiger partial charge in [-0.2, -0.15) is 0 Å². The van der Waals surface area contributed by atoms with Gasteiger partial charge in [-0.15, -0.1) is 28.0 Å². The molecule has 79 heavy (non-hydrogen) atoms. The lowest BCUT2D eigenvalue weighted by Crippen LogP contribution is -2.51. The van der Waals surface area contributed by atoms with Crippen LogP contribution in [0.1, 0.15) is 82.7 Å². The number of aromatic nitrogens is 4. The quantitative estimate of drug-likeness (QED) is 0.0234. The van der Waals surface area contributed by atoms with Crippen LogP contribution in [0.5, 0.6) is 5.75 Å². The molecule has 6 aromatic rings. The predicted molar refractivity (Wildman–Crippen MR) is 299 cm³/mol. The van der Waals surface area contributed by atoms with Crippen molar-refractivity contribution in [1.29, 1.82) is 0 Å². The van der Waals surface area contributed by atoms with Gasteiger partial charge >= 0.3 is 18.1 Å². The summed E-state index contributed by atoms with van der Waals surface area (Å²) < 4.78 is 33.2. The molecule has 24 heteroatoms. The number of aryl methyl sites for hydroxylation is 1. The summed E-state index contributed by atoms with van der Waals surface area (Å²) in [6, 6.07) is 14.5. The second-order valence-corrected chi connectivity index (χ2v) is 20.8. The van der Waals surface area contributed by atoms with Crippen LogP contribution < -0.4 is 42.4 Å². The van der Waals surface area contributed by atoms with Crippen LogP contribution >= 0.6 is 22.7 Å². The van der Waals surface area contributed by atoms with Crippen LogP contribution in [0, 0.1) is 42.8 Å². The number of thiazole rings is 2. The van der Waals surface area contributed by atoms with E-state index in [1.165, 1.54) is 46.8 Å². The summed E-state index contributed by atoms with van der Waals surface area (Å²) in [5.41, 5.74) is 15.8. The maximum atomic E-state index is 15.3. The number of amides is 5. The number of carbonyl (C=O) groups is 5.